The van der Waals surface area contributed by atoms with E-state index in [-0.39, 0.29) is 5.82 Å². The molecular formula is C19H21FN2O2. The van der Waals surface area contributed by atoms with E-state index in [0.717, 1.165) is 25.1 Å². The minimum Gasteiger partial charge on any atom is -0.465 e. The number of anilines is 1. The van der Waals surface area contributed by atoms with Crippen LogP contribution in [0.1, 0.15) is 6.42 Å². The van der Waals surface area contributed by atoms with Crippen LogP contribution in [-0.2, 0) is 0 Å². The van der Waals surface area contributed by atoms with E-state index in [1.54, 1.807) is 18.2 Å². The Morgan fingerprint density at radius 3 is 2.75 bits per heavy atom. The zero-order chi connectivity index (χ0) is 17.1. The number of likely N-dealkylation sites (tertiary alicyclic amines) is 1. The Kier molecular flexibility index (Phi) is 4.81. The van der Waals surface area contributed by atoms with Crippen LogP contribution < -0.4 is 4.90 Å². The van der Waals surface area contributed by atoms with Crippen LogP contribution in [0.15, 0.2) is 48.5 Å². The van der Waals surface area contributed by atoms with E-state index in [9.17, 15) is 14.3 Å². The Balaban J connectivity index is 1.95. The van der Waals surface area contributed by atoms with Gasteiger partial charge in [-0.15, -0.1) is 0 Å². The molecular weight excluding hydrogens is 307 g/mol. The van der Waals surface area contributed by atoms with Crippen molar-refractivity contribution < 1.29 is 14.3 Å². The van der Waals surface area contributed by atoms with Crippen molar-refractivity contribution in [3.05, 3.63) is 54.3 Å². The minimum absolute atomic E-state index is 0.312. The monoisotopic (exact) mass is 328 g/mol. The van der Waals surface area contributed by atoms with Crippen molar-refractivity contribution in [3.63, 3.8) is 0 Å². The summed E-state index contributed by atoms with van der Waals surface area (Å²) in [6.07, 6.45) is 0.0102. The smallest absolute Gasteiger partial charge is 0.411 e. The fourth-order valence-electron chi connectivity index (χ4n) is 3.32. The number of para-hydroxylation sites is 1. The van der Waals surface area contributed by atoms with Crippen molar-refractivity contribution in [2.24, 2.45) is 5.92 Å². The molecule has 4 nitrogen and oxygen atoms in total. The highest BCUT2D eigenvalue weighted by atomic mass is 19.1. The van der Waals surface area contributed by atoms with E-state index in [1.165, 1.54) is 17.0 Å². The molecule has 0 aromatic heterocycles. The third-order valence-electron chi connectivity index (χ3n) is 4.49. The second-order valence-corrected chi connectivity index (χ2v) is 6.34. The third-order valence-corrected chi connectivity index (χ3v) is 4.49. The first-order valence-corrected chi connectivity index (χ1v) is 8.08. The van der Waals surface area contributed by atoms with Crippen molar-refractivity contribution in [1.29, 1.82) is 0 Å². The molecule has 126 valence electrons. The molecule has 3 rings (SSSR count). The Hall–Kier alpha value is -2.40. The van der Waals surface area contributed by atoms with Gasteiger partial charge in [0.1, 0.15) is 5.82 Å². The molecule has 0 bridgehead atoms. The average Bonchev–Trinajstić information content (AvgIpc) is 2.97. The van der Waals surface area contributed by atoms with Crippen LogP contribution in [-0.4, -0.2) is 42.8 Å². The van der Waals surface area contributed by atoms with Gasteiger partial charge >= 0.3 is 6.09 Å². The van der Waals surface area contributed by atoms with Gasteiger partial charge < -0.3 is 10.0 Å². The number of halogens is 1. The molecule has 0 spiro atoms. The fraction of sp³-hybridized carbons (Fsp3) is 0.316. The lowest BCUT2D eigenvalue weighted by atomic mass is 10.0. The number of amides is 1. The van der Waals surface area contributed by atoms with Gasteiger partial charge in [-0.1, -0.05) is 30.3 Å². The molecule has 1 heterocycles. The summed E-state index contributed by atoms with van der Waals surface area (Å²) in [5, 5.41) is 9.72. The highest BCUT2D eigenvalue weighted by Gasteiger charge is 2.26. The fourth-order valence-corrected chi connectivity index (χ4v) is 3.32. The Morgan fingerprint density at radius 2 is 2.08 bits per heavy atom. The van der Waals surface area contributed by atoms with Crippen LogP contribution in [0.25, 0.3) is 11.1 Å². The third kappa shape index (κ3) is 3.57. The molecule has 1 aliphatic rings. The number of hydrogen-bond acceptors (Lipinski definition) is 2. The summed E-state index contributed by atoms with van der Waals surface area (Å²) >= 11 is 0. The molecule has 1 fully saturated rings. The van der Waals surface area contributed by atoms with E-state index < -0.39 is 6.09 Å². The summed E-state index contributed by atoms with van der Waals surface area (Å²) in [5.74, 6) is -0.0201. The summed E-state index contributed by atoms with van der Waals surface area (Å²) in [4.78, 5) is 15.5. The van der Waals surface area contributed by atoms with Gasteiger partial charge in [-0.2, -0.15) is 0 Å². The maximum atomic E-state index is 13.6. The van der Waals surface area contributed by atoms with Crippen LogP contribution in [0.5, 0.6) is 0 Å². The summed E-state index contributed by atoms with van der Waals surface area (Å²) in [6, 6.07) is 13.5. The van der Waals surface area contributed by atoms with Gasteiger partial charge in [0.25, 0.3) is 0 Å². The Morgan fingerprint density at radius 1 is 1.29 bits per heavy atom. The first-order valence-electron chi connectivity index (χ1n) is 8.08. The van der Waals surface area contributed by atoms with Gasteiger partial charge in [-0.25, -0.2) is 9.18 Å². The zero-order valence-electron chi connectivity index (χ0n) is 13.7. The molecule has 1 aliphatic heterocycles. The SMILES string of the molecule is CN1CCC(CN(C(=O)O)c2ccccc2-c2cccc(F)c2)C1. The maximum Gasteiger partial charge on any atom is 0.411 e. The number of rotatable bonds is 4. The van der Waals surface area contributed by atoms with Crippen molar-refractivity contribution in [2.45, 2.75) is 6.42 Å². The van der Waals surface area contributed by atoms with Gasteiger partial charge in [0, 0.05) is 18.7 Å². The van der Waals surface area contributed by atoms with Crippen molar-refractivity contribution in [3.8, 4) is 11.1 Å². The first kappa shape index (κ1) is 16.5. The first-order chi connectivity index (χ1) is 11.5. The lowest BCUT2D eigenvalue weighted by Gasteiger charge is -2.25. The second kappa shape index (κ2) is 7.01. The number of nitrogens with zero attached hydrogens (tertiary/aromatic N) is 2. The van der Waals surface area contributed by atoms with Crippen LogP contribution in [0.2, 0.25) is 0 Å². The van der Waals surface area contributed by atoms with Crippen molar-refractivity contribution in [1.82, 2.24) is 4.90 Å². The molecule has 0 saturated carbocycles. The highest BCUT2D eigenvalue weighted by molar-refractivity contribution is 5.92. The summed E-state index contributed by atoms with van der Waals surface area (Å²) < 4.78 is 13.6. The van der Waals surface area contributed by atoms with Gasteiger partial charge in [-0.05, 0) is 49.7 Å². The van der Waals surface area contributed by atoms with E-state index in [4.69, 9.17) is 0 Å². The predicted octanol–water partition coefficient (Wildman–Crippen LogP) is 3.93. The minimum atomic E-state index is -0.978. The number of carbonyl (C=O) groups is 1. The highest BCUT2D eigenvalue weighted by Crippen LogP contribution is 2.32. The lowest BCUT2D eigenvalue weighted by Crippen LogP contribution is -2.35. The van der Waals surface area contributed by atoms with E-state index >= 15 is 0 Å². The van der Waals surface area contributed by atoms with Gasteiger partial charge in [0.2, 0.25) is 0 Å². The van der Waals surface area contributed by atoms with Crippen LogP contribution in [0.4, 0.5) is 14.9 Å². The molecule has 1 unspecified atom stereocenters. The molecule has 5 heteroatoms. The number of benzene rings is 2. The summed E-state index contributed by atoms with van der Waals surface area (Å²) in [7, 11) is 2.05. The number of hydrogen-bond donors (Lipinski definition) is 1. The normalized spacial score (nSPS) is 17.8. The quantitative estimate of drug-likeness (QED) is 0.925. The predicted molar refractivity (Wildman–Crippen MR) is 92.8 cm³/mol. The maximum absolute atomic E-state index is 13.6. The Bertz CT molecular complexity index is 735. The molecule has 1 N–H and O–H groups in total. The Labute approximate surface area is 141 Å². The molecule has 24 heavy (non-hydrogen) atoms. The number of carboxylic acid groups (broad SMARTS) is 1. The van der Waals surface area contributed by atoms with E-state index in [2.05, 4.69) is 4.90 Å². The largest absolute Gasteiger partial charge is 0.465 e. The van der Waals surface area contributed by atoms with E-state index in [0.29, 0.717) is 23.7 Å². The lowest BCUT2D eigenvalue weighted by molar-refractivity contribution is 0.200. The average molecular weight is 328 g/mol. The summed E-state index contributed by atoms with van der Waals surface area (Å²) in [5.41, 5.74) is 2.01. The van der Waals surface area contributed by atoms with Crippen molar-refractivity contribution in [2.75, 3.05) is 31.6 Å². The standard InChI is InChI=1S/C19H21FN2O2/c1-21-10-9-14(12-21)13-22(19(23)24)18-8-3-2-7-17(18)15-5-4-6-16(20)11-15/h2-8,11,14H,9-10,12-13H2,1H3,(H,23,24). The van der Waals surface area contributed by atoms with Crippen LogP contribution in [0.3, 0.4) is 0 Å². The molecule has 1 saturated heterocycles. The summed E-state index contributed by atoms with van der Waals surface area (Å²) in [6.45, 7) is 2.33. The van der Waals surface area contributed by atoms with E-state index in [1.807, 2.05) is 25.2 Å². The van der Waals surface area contributed by atoms with Gasteiger partial charge in [0.05, 0.1) is 5.69 Å². The van der Waals surface area contributed by atoms with Gasteiger partial charge in [-0.3, -0.25) is 4.90 Å². The molecule has 0 radical (unpaired) electrons. The topological polar surface area (TPSA) is 43.8 Å². The van der Waals surface area contributed by atoms with Crippen LogP contribution in [0, 0.1) is 11.7 Å². The zero-order valence-corrected chi connectivity index (χ0v) is 13.7. The molecule has 0 aliphatic carbocycles. The molecule has 2 aromatic rings. The van der Waals surface area contributed by atoms with Crippen molar-refractivity contribution >= 4 is 11.8 Å². The van der Waals surface area contributed by atoms with Crippen LogP contribution >= 0.6 is 0 Å². The molecule has 2 aromatic carbocycles. The molecule has 1 atom stereocenters. The van der Waals surface area contributed by atoms with Gasteiger partial charge in [0.15, 0.2) is 0 Å². The second-order valence-electron chi connectivity index (χ2n) is 6.34. The molecule has 1 amide bonds.